The highest BCUT2D eigenvalue weighted by Gasteiger charge is 2.58. The van der Waals surface area contributed by atoms with Gasteiger partial charge in [0.25, 0.3) is 11.8 Å². The van der Waals surface area contributed by atoms with Crippen molar-refractivity contribution in [2.45, 2.75) is 74.5 Å². The Morgan fingerprint density at radius 2 is 1.70 bits per heavy atom. The first-order valence-electron chi connectivity index (χ1n) is 22.9. The van der Waals surface area contributed by atoms with Crippen LogP contribution in [0.1, 0.15) is 88.7 Å². The van der Waals surface area contributed by atoms with Crippen molar-refractivity contribution in [3.8, 4) is 5.75 Å². The number of hydrogen-bond donors (Lipinski definition) is 5. The highest BCUT2D eigenvalue weighted by atomic mass is 32.2. The van der Waals surface area contributed by atoms with E-state index in [-0.39, 0.29) is 72.4 Å². The molecule has 2 aromatic carbocycles. The zero-order chi connectivity index (χ0) is 46.3. The first kappa shape index (κ1) is 46.2. The van der Waals surface area contributed by atoms with Gasteiger partial charge in [-0.05, 0) is 80.3 Å². The van der Waals surface area contributed by atoms with Crippen molar-refractivity contribution >= 4 is 63.1 Å². The third-order valence-electron chi connectivity index (χ3n) is 14.3. The maximum Gasteiger partial charge on any atom is 0.262 e. The largest absolute Gasteiger partial charge is 0.492 e. The minimum absolute atomic E-state index is 0.0194. The number of sulfonamides is 1. The summed E-state index contributed by atoms with van der Waals surface area (Å²) in [5.74, 6) is -1.62. The third-order valence-corrected chi connectivity index (χ3v) is 16.7. The summed E-state index contributed by atoms with van der Waals surface area (Å²) in [6.45, 7) is 4.69. The Hall–Kier alpha value is -4.93. The predicted molar refractivity (Wildman–Crippen MR) is 241 cm³/mol. The molecule has 9 rings (SSSR count). The molecule has 0 aromatic heterocycles. The van der Waals surface area contributed by atoms with Gasteiger partial charge in [-0.3, -0.25) is 54.0 Å². The molecule has 1 aliphatic carbocycles. The quantitative estimate of drug-likeness (QED) is 0.158. The predicted octanol–water partition coefficient (Wildman–Crippen LogP) is 0.102. The highest BCUT2D eigenvalue weighted by molar-refractivity contribution is 8.00. The van der Waals surface area contributed by atoms with Gasteiger partial charge in [0.2, 0.25) is 39.6 Å². The van der Waals surface area contributed by atoms with Crippen LogP contribution in [0.5, 0.6) is 5.75 Å². The average Bonchev–Trinajstić information content (AvgIpc) is 3.59. The normalized spacial score (nSPS) is 28.0. The number of piperazine rings is 1. The Balaban J connectivity index is 0.710. The molecular weight excluding hydrogens is 891 g/mol. The van der Waals surface area contributed by atoms with Crippen LogP contribution >= 0.6 is 11.8 Å². The van der Waals surface area contributed by atoms with Crippen molar-refractivity contribution in [1.29, 1.82) is 0 Å². The zero-order valence-corrected chi connectivity index (χ0v) is 38.6. The van der Waals surface area contributed by atoms with Gasteiger partial charge in [-0.15, -0.1) is 11.8 Å². The maximum atomic E-state index is 14.2. The third kappa shape index (κ3) is 9.73. The van der Waals surface area contributed by atoms with Crippen LogP contribution in [0.25, 0.3) is 0 Å². The van der Waals surface area contributed by atoms with E-state index >= 15 is 0 Å². The number of amides is 7. The molecule has 5 N–H and O–H groups in total. The molecule has 6 aliphatic heterocycles. The number of carbonyl (C=O) groups is 7. The van der Waals surface area contributed by atoms with Crippen molar-refractivity contribution in [3.05, 3.63) is 64.7 Å². The van der Waals surface area contributed by atoms with Crippen molar-refractivity contribution < 1.29 is 46.7 Å². The number of ether oxygens (including phenoxy) is 1. The van der Waals surface area contributed by atoms with E-state index in [0.29, 0.717) is 64.0 Å². The van der Waals surface area contributed by atoms with Crippen molar-refractivity contribution in [1.82, 2.24) is 45.6 Å². The van der Waals surface area contributed by atoms with E-state index in [9.17, 15) is 42.0 Å². The van der Waals surface area contributed by atoms with Crippen LogP contribution in [0.15, 0.2) is 42.5 Å². The van der Waals surface area contributed by atoms with Gasteiger partial charge in [0.15, 0.2) is 0 Å². The number of nitrogens with one attached hydrogen (secondary N) is 5. The Morgan fingerprint density at radius 1 is 0.924 bits per heavy atom. The number of thioether (sulfide) groups is 1. The van der Waals surface area contributed by atoms with Crippen molar-refractivity contribution in [2.75, 3.05) is 77.5 Å². The smallest absolute Gasteiger partial charge is 0.262 e. The molecule has 6 heterocycles. The molecule has 1 saturated carbocycles. The lowest BCUT2D eigenvalue weighted by Gasteiger charge is -2.40. The molecule has 2 aromatic rings. The number of piperidine rings is 2. The SMILES string of the molecule is CS(=O)(=O)N1CCC(C(=O)NCC(=O)NC2NC(c3cccc(C4CCNC(C5(C(=O)N6CCN(CCOc7ccc8c(c7)C(=O)N(C7CCC(=O)NC7=O)C8=O)CC6)CC5)C4)c3)CS2)C1. The topological polar surface area (TPSA) is 236 Å². The van der Waals surface area contributed by atoms with Crippen LogP contribution in [-0.2, 0) is 34.0 Å². The molecule has 6 fully saturated rings. The summed E-state index contributed by atoms with van der Waals surface area (Å²) in [6, 6.07) is 12.4. The van der Waals surface area contributed by atoms with Gasteiger partial charge in [-0.1, -0.05) is 24.3 Å². The Kier molecular flexibility index (Phi) is 13.3. The van der Waals surface area contributed by atoms with E-state index in [2.05, 4.69) is 55.7 Å². The van der Waals surface area contributed by atoms with Crippen LogP contribution in [-0.4, -0.2) is 164 Å². The van der Waals surface area contributed by atoms with Crippen LogP contribution in [0.3, 0.4) is 0 Å². The van der Waals surface area contributed by atoms with Crippen LogP contribution in [0.2, 0.25) is 0 Å². The summed E-state index contributed by atoms with van der Waals surface area (Å²) in [4.78, 5) is 95.1. The summed E-state index contributed by atoms with van der Waals surface area (Å²) >= 11 is 1.59. The van der Waals surface area contributed by atoms with E-state index in [0.717, 1.165) is 54.7 Å². The lowest BCUT2D eigenvalue weighted by molar-refractivity contribution is -0.140. The lowest BCUT2D eigenvalue weighted by Crippen LogP contribution is -2.55. The van der Waals surface area contributed by atoms with Gasteiger partial charge < -0.3 is 25.6 Å². The molecule has 354 valence electrons. The molecule has 0 bridgehead atoms. The first-order chi connectivity index (χ1) is 31.7. The second-order valence-corrected chi connectivity index (χ2v) is 21.6. The van der Waals surface area contributed by atoms with Gasteiger partial charge in [0.1, 0.15) is 23.9 Å². The minimum atomic E-state index is -3.36. The van der Waals surface area contributed by atoms with E-state index < -0.39 is 51.0 Å². The molecular formula is C45H57N9O10S2. The molecule has 6 unspecified atom stereocenters. The molecule has 6 atom stereocenters. The van der Waals surface area contributed by atoms with Gasteiger partial charge in [0.05, 0.1) is 35.3 Å². The minimum Gasteiger partial charge on any atom is -0.492 e. The summed E-state index contributed by atoms with van der Waals surface area (Å²) < 4.78 is 30.9. The summed E-state index contributed by atoms with van der Waals surface area (Å²) in [6.07, 6.45) is 5.27. The number of rotatable bonds is 14. The van der Waals surface area contributed by atoms with Crippen LogP contribution in [0.4, 0.5) is 0 Å². The van der Waals surface area contributed by atoms with E-state index in [1.165, 1.54) is 22.0 Å². The summed E-state index contributed by atoms with van der Waals surface area (Å²) in [7, 11) is -3.36. The van der Waals surface area contributed by atoms with E-state index in [4.69, 9.17) is 4.74 Å². The van der Waals surface area contributed by atoms with Crippen LogP contribution in [0, 0.1) is 11.3 Å². The number of carbonyl (C=O) groups excluding carboxylic acids is 7. The fourth-order valence-electron chi connectivity index (χ4n) is 10.3. The van der Waals surface area contributed by atoms with Gasteiger partial charge >= 0.3 is 0 Å². The van der Waals surface area contributed by atoms with Crippen molar-refractivity contribution in [3.63, 3.8) is 0 Å². The fraction of sp³-hybridized carbons (Fsp3) is 0.578. The van der Waals surface area contributed by atoms with Gasteiger partial charge in [-0.25, -0.2) is 12.7 Å². The van der Waals surface area contributed by atoms with E-state index in [1.807, 2.05) is 4.90 Å². The molecule has 21 heteroatoms. The van der Waals surface area contributed by atoms with Gasteiger partial charge in [0, 0.05) is 70.1 Å². The van der Waals surface area contributed by atoms with Crippen LogP contribution < -0.4 is 31.3 Å². The standard InChI is InChI=1S/C45H57N9O10S2/c1-66(62,63)53-14-10-30(25-53)39(57)47-24-38(56)50-44-48-34(26-65-44)29-4-2-3-27(21-29)28-9-13-46-36(22-28)45(11-12-45)43(61)52-17-15-51(16-18-52)19-20-64-31-5-6-32-33(23-31)42(60)54(41(32)59)35-7-8-37(55)49-40(35)58/h2-6,21,23,28,30,34-36,44,46,48H,7-20,22,24-26H2,1H3,(H,47,57)(H,50,56)(H,49,55,58). The second kappa shape index (κ2) is 19.0. The second-order valence-electron chi connectivity index (χ2n) is 18.5. The molecule has 66 heavy (non-hydrogen) atoms. The monoisotopic (exact) mass is 947 g/mol. The molecule has 5 saturated heterocycles. The van der Waals surface area contributed by atoms with Crippen molar-refractivity contribution in [2.24, 2.45) is 11.3 Å². The number of fused-ring (bicyclic) bond motifs is 1. The summed E-state index contributed by atoms with van der Waals surface area (Å²) in [5, 5.41) is 15.0. The molecule has 0 radical (unpaired) electrons. The lowest BCUT2D eigenvalue weighted by atomic mass is 9.79. The zero-order valence-electron chi connectivity index (χ0n) is 36.9. The fourth-order valence-corrected chi connectivity index (χ4v) is 12.4. The van der Waals surface area contributed by atoms with Gasteiger partial charge in [-0.2, -0.15) is 0 Å². The number of hydrogen-bond acceptors (Lipinski definition) is 14. The molecule has 0 spiro atoms. The molecule has 7 amide bonds. The Morgan fingerprint density at radius 3 is 2.44 bits per heavy atom. The number of imide groups is 2. The number of nitrogens with zero attached hydrogens (tertiary/aromatic N) is 4. The molecule has 7 aliphatic rings. The van der Waals surface area contributed by atoms with E-state index in [1.54, 1.807) is 17.8 Å². The Labute approximate surface area is 387 Å². The first-order valence-corrected chi connectivity index (χ1v) is 25.8. The number of benzene rings is 2. The Bertz CT molecular complexity index is 2410. The molecule has 19 nitrogen and oxygen atoms in total. The summed E-state index contributed by atoms with van der Waals surface area (Å²) in [5.41, 5.74) is 2.03. The average molecular weight is 948 g/mol. The maximum absolute atomic E-state index is 14.2. The highest BCUT2D eigenvalue weighted by Crippen LogP contribution is 2.53.